The zero-order valence-corrected chi connectivity index (χ0v) is 10.7. The van der Waals surface area contributed by atoms with Crippen molar-refractivity contribution >= 4 is 23.1 Å². The Hall–Kier alpha value is -2.08. The number of nitrogens with two attached hydrogens (primary N) is 1. The summed E-state index contributed by atoms with van der Waals surface area (Å²) in [5.41, 5.74) is 6.55. The van der Waals surface area contributed by atoms with Crippen molar-refractivity contribution in [3.63, 3.8) is 0 Å². The van der Waals surface area contributed by atoms with Gasteiger partial charge in [-0.15, -0.1) is 11.8 Å². The van der Waals surface area contributed by atoms with Gasteiger partial charge in [0.2, 0.25) is 0 Å². The molecule has 0 aliphatic heterocycles. The second-order valence-corrected chi connectivity index (χ2v) is 4.90. The van der Waals surface area contributed by atoms with Gasteiger partial charge in [0.05, 0.1) is 4.92 Å². The molecule has 2 aromatic carbocycles. The second kappa shape index (κ2) is 5.71. The first kappa shape index (κ1) is 13.4. The van der Waals surface area contributed by atoms with Crippen LogP contribution in [0.2, 0.25) is 0 Å². The molecule has 2 rings (SSSR count). The van der Waals surface area contributed by atoms with E-state index in [4.69, 9.17) is 5.73 Å². The molecule has 0 heterocycles. The van der Waals surface area contributed by atoms with Crippen LogP contribution in [-0.2, 0) is 5.75 Å². The van der Waals surface area contributed by atoms with Crippen LogP contribution in [0, 0.1) is 15.9 Å². The molecule has 4 nitrogen and oxygen atoms in total. The second-order valence-electron chi connectivity index (χ2n) is 3.85. The van der Waals surface area contributed by atoms with Crippen LogP contribution in [0.4, 0.5) is 15.8 Å². The quantitative estimate of drug-likeness (QED) is 0.401. The maximum absolute atomic E-state index is 12.8. The van der Waals surface area contributed by atoms with Crippen LogP contribution in [-0.4, -0.2) is 4.92 Å². The lowest BCUT2D eigenvalue weighted by Gasteiger charge is -2.06. The minimum absolute atomic E-state index is 0.0859. The number of benzene rings is 2. The summed E-state index contributed by atoms with van der Waals surface area (Å²) in [5, 5.41) is 10.8. The lowest BCUT2D eigenvalue weighted by atomic mass is 10.2. The maximum Gasteiger partial charge on any atom is 0.292 e. The van der Waals surface area contributed by atoms with E-state index in [9.17, 15) is 14.5 Å². The van der Waals surface area contributed by atoms with Gasteiger partial charge in [-0.25, -0.2) is 4.39 Å². The van der Waals surface area contributed by atoms with Gasteiger partial charge < -0.3 is 5.73 Å². The van der Waals surface area contributed by atoms with Crippen molar-refractivity contribution in [3.05, 3.63) is 64.0 Å². The number of nitrogen functional groups attached to an aromatic ring is 1. The predicted octanol–water partition coefficient (Wildman–Crippen LogP) is 3.61. The van der Waals surface area contributed by atoms with E-state index in [-0.39, 0.29) is 17.2 Å². The van der Waals surface area contributed by atoms with Crippen LogP contribution in [0.1, 0.15) is 5.56 Å². The smallest absolute Gasteiger partial charge is 0.292 e. The van der Waals surface area contributed by atoms with Crippen molar-refractivity contribution in [1.29, 1.82) is 0 Å². The number of rotatable bonds is 4. The molecule has 0 atom stereocenters. The van der Waals surface area contributed by atoms with Crippen molar-refractivity contribution in [3.8, 4) is 0 Å². The van der Waals surface area contributed by atoms with E-state index in [0.717, 1.165) is 4.90 Å². The third kappa shape index (κ3) is 3.23. The summed E-state index contributed by atoms with van der Waals surface area (Å²) < 4.78 is 12.8. The monoisotopic (exact) mass is 278 g/mol. The molecule has 0 unspecified atom stereocenters. The van der Waals surface area contributed by atoms with Gasteiger partial charge in [0.25, 0.3) is 5.69 Å². The van der Waals surface area contributed by atoms with E-state index in [1.165, 1.54) is 30.0 Å². The molecule has 0 aliphatic rings. The Kier molecular flexibility index (Phi) is 4.01. The number of hydrogen-bond donors (Lipinski definition) is 1. The summed E-state index contributed by atoms with van der Waals surface area (Å²) >= 11 is 1.45. The third-order valence-corrected chi connectivity index (χ3v) is 3.64. The van der Waals surface area contributed by atoms with Crippen LogP contribution in [0.15, 0.2) is 47.4 Å². The zero-order chi connectivity index (χ0) is 13.8. The molecule has 0 saturated carbocycles. The van der Waals surface area contributed by atoms with Crippen LogP contribution < -0.4 is 5.73 Å². The fourth-order valence-electron chi connectivity index (χ4n) is 1.58. The van der Waals surface area contributed by atoms with Gasteiger partial charge in [0, 0.05) is 16.7 Å². The molecule has 0 fully saturated rings. The molecule has 19 heavy (non-hydrogen) atoms. The number of nitro groups is 1. The molecule has 0 aliphatic carbocycles. The Balaban J connectivity index is 2.13. The molecular formula is C13H11FN2O2S. The predicted molar refractivity (Wildman–Crippen MR) is 73.5 cm³/mol. The molecular weight excluding hydrogens is 267 g/mol. The average molecular weight is 278 g/mol. The van der Waals surface area contributed by atoms with Crippen molar-refractivity contribution in [2.24, 2.45) is 0 Å². The van der Waals surface area contributed by atoms with Crippen molar-refractivity contribution in [2.45, 2.75) is 10.6 Å². The van der Waals surface area contributed by atoms with Crippen molar-refractivity contribution in [2.75, 3.05) is 5.73 Å². The van der Waals surface area contributed by atoms with Crippen LogP contribution in [0.3, 0.4) is 0 Å². The zero-order valence-electron chi connectivity index (χ0n) is 9.88. The molecule has 0 saturated heterocycles. The number of halogens is 1. The Morgan fingerprint density at radius 2 is 1.89 bits per heavy atom. The molecule has 2 N–H and O–H groups in total. The van der Waals surface area contributed by atoms with Gasteiger partial charge in [-0.3, -0.25) is 10.1 Å². The van der Waals surface area contributed by atoms with E-state index >= 15 is 0 Å². The van der Waals surface area contributed by atoms with Crippen LogP contribution in [0.25, 0.3) is 0 Å². The Morgan fingerprint density at radius 1 is 1.21 bits per heavy atom. The van der Waals surface area contributed by atoms with Gasteiger partial charge in [0.1, 0.15) is 11.5 Å². The molecule has 0 spiro atoms. The summed E-state index contributed by atoms with van der Waals surface area (Å²) in [6.07, 6.45) is 0. The fourth-order valence-corrected chi connectivity index (χ4v) is 2.48. The largest absolute Gasteiger partial charge is 0.393 e. The van der Waals surface area contributed by atoms with Gasteiger partial charge in [0.15, 0.2) is 0 Å². The molecule has 6 heteroatoms. The highest BCUT2D eigenvalue weighted by Crippen LogP contribution is 2.30. The minimum atomic E-state index is -0.499. The third-order valence-electron chi connectivity index (χ3n) is 2.58. The summed E-state index contributed by atoms with van der Waals surface area (Å²) in [6, 6.07) is 10.8. The molecule has 0 amide bonds. The number of thioether (sulfide) groups is 1. The first-order valence-corrected chi connectivity index (χ1v) is 6.46. The molecule has 98 valence electrons. The maximum atomic E-state index is 12.8. The lowest BCUT2D eigenvalue weighted by Crippen LogP contribution is -1.99. The Bertz CT molecular complexity index is 602. The number of nitro benzene ring substituents is 1. The molecule has 0 aromatic heterocycles. The summed E-state index contributed by atoms with van der Waals surface area (Å²) in [4.78, 5) is 11.1. The van der Waals surface area contributed by atoms with Gasteiger partial charge in [-0.05, 0) is 29.8 Å². The fraction of sp³-hybridized carbons (Fsp3) is 0.0769. The molecule has 0 bridgehead atoms. The van der Waals surface area contributed by atoms with Crippen molar-refractivity contribution in [1.82, 2.24) is 0 Å². The normalized spacial score (nSPS) is 10.4. The molecule has 0 radical (unpaired) electrons. The number of hydrogen-bond acceptors (Lipinski definition) is 4. The van der Waals surface area contributed by atoms with E-state index in [0.29, 0.717) is 11.3 Å². The molecule has 2 aromatic rings. The highest BCUT2D eigenvalue weighted by atomic mass is 32.2. The van der Waals surface area contributed by atoms with E-state index in [1.54, 1.807) is 24.3 Å². The topological polar surface area (TPSA) is 69.2 Å². The average Bonchev–Trinajstić information content (AvgIpc) is 2.39. The number of nitrogens with zero attached hydrogens (tertiary/aromatic N) is 1. The minimum Gasteiger partial charge on any atom is -0.393 e. The van der Waals surface area contributed by atoms with Crippen molar-refractivity contribution < 1.29 is 9.31 Å². The summed E-state index contributed by atoms with van der Waals surface area (Å²) in [7, 11) is 0. The standard InChI is InChI=1S/C13H11FN2O2S/c14-10-4-6-11(7-5-10)19-8-9-2-1-3-12(13(9)15)16(17)18/h1-7H,8,15H2. The number of anilines is 1. The first-order valence-electron chi connectivity index (χ1n) is 5.48. The van der Waals surface area contributed by atoms with Crippen LogP contribution in [0.5, 0.6) is 0 Å². The highest BCUT2D eigenvalue weighted by molar-refractivity contribution is 7.98. The SMILES string of the molecule is Nc1c(CSc2ccc(F)cc2)cccc1[N+](=O)[O-]. The van der Waals surface area contributed by atoms with Crippen LogP contribution >= 0.6 is 11.8 Å². The highest BCUT2D eigenvalue weighted by Gasteiger charge is 2.14. The lowest BCUT2D eigenvalue weighted by molar-refractivity contribution is -0.383. The summed E-state index contributed by atoms with van der Waals surface area (Å²) in [6.45, 7) is 0. The van der Waals surface area contributed by atoms with Gasteiger partial charge >= 0.3 is 0 Å². The Labute approximate surface area is 113 Å². The summed E-state index contributed by atoms with van der Waals surface area (Å²) in [5.74, 6) is 0.207. The van der Waals surface area contributed by atoms with Gasteiger partial charge in [-0.1, -0.05) is 12.1 Å². The van der Waals surface area contributed by atoms with E-state index < -0.39 is 4.92 Å². The first-order chi connectivity index (χ1) is 9.08. The van der Waals surface area contributed by atoms with E-state index in [2.05, 4.69) is 0 Å². The van der Waals surface area contributed by atoms with E-state index in [1.807, 2.05) is 0 Å². The number of para-hydroxylation sites is 1. The van der Waals surface area contributed by atoms with Gasteiger partial charge in [-0.2, -0.15) is 0 Å². The Morgan fingerprint density at radius 3 is 2.53 bits per heavy atom.